The Bertz CT molecular complexity index is 884. The SMILES string of the molecule is CCCCCCCC#Cc1cccc2c1C(=O)N(C(CCC=O)C(=O)NC)C2=O.O=CO. The van der Waals surface area contributed by atoms with Crippen LogP contribution in [-0.4, -0.2) is 53.6 Å². The maximum atomic E-state index is 13.0. The molecular weight excluding hydrogens is 412 g/mol. The Morgan fingerprint density at radius 3 is 2.47 bits per heavy atom. The smallest absolute Gasteiger partial charge is 0.290 e. The van der Waals surface area contributed by atoms with Gasteiger partial charge in [-0.3, -0.25) is 24.1 Å². The van der Waals surface area contributed by atoms with Crippen molar-refractivity contribution in [2.75, 3.05) is 7.05 Å². The first-order chi connectivity index (χ1) is 15.5. The summed E-state index contributed by atoms with van der Waals surface area (Å²) in [5.74, 6) is 4.60. The molecule has 1 aromatic carbocycles. The zero-order chi connectivity index (χ0) is 23.9. The molecule has 0 saturated heterocycles. The first kappa shape index (κ1) is 26.6. The summed E-state index contributed by atoms with van der Waals surface area (Å²) in [7, 11) is 1.44. The lowest BCUT2D eigenvalue weighted by molar-refractivity contribution is -0.125. The highest BCUT2D eigenvalue weighted by Gasteiger charge is 2.43. The van der Waals surface area contributed by atoms with E-state index in [1.54, 1.807) is 18.2 Å². The van der Waals surface area contributed by atoms with Gasteiger partial charge in [0.1, 0.15) is 12.3 Å². The number of carboxylic acid groups (broad SMARTS) is 1. The molecule has 0 radical (unpaired) electrons. The van der Waals surface area contributed by atoms with Crippen LogP contribution in [0.5, 0.6) is 0 Å². The van der Waals surface area contributed by atoms with Gasteiger partial charge in [-0.25, -0.2) is 0 Å². The van der Waals surface area contributed by atoms with Gasteiger partial charge in [0.05, 0.1) is 11.1 Å². The van der Waals surface area contributed by atoms with Gasteiger partial charge >= 0.3 is 0 Å². The summed E-state index contributed by atoms with van der Waals surface area (Å²) in [6, 6.07) is 3.97. The predicted octanol–water partition coefficient (Wildman–Crippen LogP) is 2.79. The molecular formula is C24H30N2O6. The Hall–Kier alpha value is -3.47. The van der Waals surface area contributed by atoms with E-state index in [-0.39, 0.29) is 30.4 Å². The van der Waals surface area contributed by atoms with Gasteiger partial charge < -0.3 is 15.2 Å². The summed E-state index contributed by atoms with van der Waals surface area (Å²) in [4.78, 5) is 58.2. The zero-order valence-electron chi connectivity index (χ0n) is 18.6. The third kappa shape index (κ3) is 7.05. The minimum atomic E-state index is -1.02. The van der Waals surface area contributed by atoms with Crippen molar-refractivity contribution in [1.82, 2.24) is 10.2 Å². The molecule has 0 aromatic heterocycles. The molecule has 0 saturated carbocycles. The maximum Gasteiger partial charge on any atom is 0.290 e. The molecule has 32 heavy (non-hydrogen) atoms. The molecule has 1 aliphatic heterocycles. The topological polar surface area (TPSA) is 121 Å². The third-order valence-corrected chi connectivity index (χ3v) is 4.99. The van der Waals surface area contributed by atoms with Crippen LogP contribution in [-0.2, 0) is 14.4 Å². The molecule has 1 unspecified atom stereocenters. The second-order valence-corrected chi connectivity index (χ2v) is 7.15. The van der Waals surface area contributed by atoms with Crippen molar-refractivity contribution in [3.05, 3.63) is 34.9 Å². The first-order valence-corrected chi connectivity index (χ1v) is 10.7. The van der Waals surface area contributed by atoms with E-state index in [0.717, 1.165) is 24.2 Å². The number of unbranched alkanes of at least 4 members (excludes halogenated alkanes) is 5. The van der Waals surface area contributed by atoms with Crippen LogP contribution in [0.1, 0.15) is 84.6 Å². The number of imide groups is 1. The van der Waals surface area contributed by atoms with Crippen LogP contribution >= 0.6 is 0 Å². The lowest BCUT2D eigenvalue weighted by atomic mass is 10.0. The Labute approximate surface area is 188 Å². The zero-order valence-corrected chi connectivity index (χ0v) is 18.6. The summed E-state index contributed by atoms with van der Waals surface area (Å²) < 4.78 is 0. The van der Waals surface area contributed by atoms with Crippen LogP contribution in [0.15, 0.2) is 18.2 Å². The number of amides is 3. The molecule has 1 aromatic rings. The first-order valence-electron chi connectivity index (χ1n) is 10.7. The Morgan fingerprint density at radius 2 is 1.84 bits per heavy atom. The summed E-state index contributed by atoms with van der Waals surface area (Å²) in [5.41, 5.74) is 1.00. The number of rotatable bonds is 10. The second kappa shape index (κ2) is 14.5. The highest BCUT2D eigenvalue weighted by Crippen LogP contribution is 2.28. The standard InChI is InChI=1S/C23H28N2O4.CH2O2/c1-3-4-5-6-7-8-9-12-17-13-10-14-18-20(17)23(29)25(22(18)28)19(15-11-16-26)21(27)24-2;2-1-3/h10,13-14,16,19H,3-8,11,15H2,1-2H3,(H,24,27);1H,(H,2,3). The van der Waals surface area contributed by atoms with E-state index in [2.05, 4.69) is 24.1 Å². The lowest BCUT2D eigenvalue weighted by Gasteiger charge is -2.24. The normalized spacial score (nSPS) is 12.6. The second-order valence-electron chi connectivity index (χ2n) is 7.15. The minimum Gasteiger partial charge on any atom is -0.483 e. The Balaban J connectivity index is 0.00000161. The fourth-order valence-electron chi connectivity index (χ4n) is 3.44. The highest BCUT2D eigenvalue weighted by molar-refractivity contribution is 6.23. The van der Waals surface area contributed by atoms with Crippen LogP contribution in [0.3, 0.4) is 0 Å². The van der Waals surface area contributed by atoms with E-state index >= 15 is 0 Å². The monoisotopic (exact) mass is 442 g/mol. The number of hydrogen-bond acceptors (Lipinski definition) is 5. The number of carbonyl (C=O) groups excluding carboxylic acids is 4. The lowest BCUT2D eigenvalue weighted by Crippen LogP contribution is -2.48. The molecule has 1 heterocycles. The van der Waals surface area contributed by atoms with Gasteiger partial charge in [0.2, 0.25) is 5.91 Å². The molecule has 0 bridgehead atoms. The number of nitrogens with one attached hydrogen (secondary N) is 1. The van der Waals surface area contributed by atoms with Gasteiger partial charge in [0, 0.05) is 25.5 Å². The number of nitrogens with zero attached hydrogens (tertiary/aromatic N) is 1. The van der Waals surface area contributed by atoms with Gasteiger partial charge in [-0.05, 0) is 25.0 Å². The maximum absolute atomic E-state index is 13.0. The number of carbonyl (C=O) groups is 5. The van der Waals surface area contributed by atoms with Crippen molar-refractivity contribution in [2.45, 2.75) is 64.3 Å². The molecule has 172 valence electrons. The van der Waals surface area contributed by atoms with Crippen LogP contribution in [0.2, 0.25) is 0 Å². The van der Waals surface area contributed by atoms with Gasteiger partial charge in [-0.1, -0.05) is 50.5 Å². The molecule has 1 aliphatic rings. The molecule has 2 N–H and O–H groups in total. The fraction of sp³-hybridized carbons (Fsp3) is 0.458. The van der Waals surface area contributed by atoms with Crippen LogP contribution in [0.4, 0.5) is 0 Å². The Kier molecular flexibility index (Phi) is 12.1. The van der Waals surface area contributed by atoms with Crippen LogP contribution in [0, 0.1) is 11.8 Å². The number of fused-ring (bicyclic) bond motifs is 1. The van der Waals surface area contributed by atoms with Crippen molar-refractivity contribution >= 4 is 30.5 Å². The van der Waals surface area contributed by atoms with E-state index in [9.17, 15) is 19.2 Å². The van der Waals surface area contributed by atoms with Gasteiger partial charge in [0.25, 0.3) is 18.3 Å². The van der Waals surface area contributed by atoms with E-state index < -0.39 is 23.8 Å². The molecule has 2 rings (SSSR count). The summed E-state index contributed by atoms with van der Waals surface area (Å²) in [6.07, 6.45) is 7.33. The molecule has 0 aliphatic carbocycles. The van der Waals surface area contributed by atoms with Crippen molar-refractivity contribution in [3.8, 4) is 11.8 Å². The van der Waals surface area contributed by atoms with Crippen molar-refractivity contribution in [3.63, 3.8) is 0 Å². The molecule has 1 atom stereocenters. The van der Waals surface area contributed by atoms with Gasteiger partial charge in [-0.2, -0.15) is 0 Å². The van der Waals surface area contributed by atoms with E-state index in [1.807, 2.05) is 0 Å². The van der Waals surface area contributed by atoms with Crippen molar-refractivity contribution < 1.29 is 29.1 Å². The molecule has 0 fully saturated rings. The highest BCUT2D eigenvalue weighted by atomic mass is 16.3. The van der Waals surface area contributed by atoms with E-state index in [0.29, 0.717) is 11.8 Å². The van der Waals surface area contributed by atoms with Crippen LogP contribution < -0.4 is 5.32 Å². The van der Waals surface area contributed by atoms with Crippen molar-refractivity contribution in [1.29, 1.82) is 0 Å². The summed E-state index contributed by atoms with van der Waals surface area (Å²) >= 11 is 0. The van der Waals surface area contributed by atoms with Gasteiger partial charge in [-0.15, -0.1) is 0 Å². The van der Waals surface area contributed by atoms with Crippen molar-refractivity contribution in [2.24, 2.45) is 0 Å². The summed E-state index contributed by atoms with van der Waals surface area (Å²) in [5, 5.41) is 9.36. The minimum absolute atomic E-state index is 0.0795. The predicted molar refractivity (Wildman–Crippen MR) is 119 cm³/mol. The number of aldehydes is 1. The third-order valence-electron chi connectivity index (χ3n) is 4.99. The largest absolute Gasteiger partial charge is 0.483 e. The number of hydrogen-bond donors (Lipinski definition) is 2. The molecule has 0 spiro atoms. The summed E-state index contributed by atoms with van der Waals surface area (Å²) in [6.45, 7) is 1.92. The number of benzene rings is 1. The van der Waals surface area contributed by atoms with E-state index in [1.165, 1.54) is 26.3 Å². The molecule has 8 heteroatoms. The number of likely N-dealkylation sites (N-methyl/N-ethyl adjacent to an activating group) is 1. The average molecular weight is 443 g/mol. The average Bonchev–Trinajstić information content (AvgIpc) is 3.05. The van der Waals surface area contributed by atoms with Crippen LogP contribution in [0.25, 0.3) is 0 Å². The molecule has 8 nitrogen and oxygen atoms in total. The molecule has 3 amide bonds. The fourth-order valence-corrected chi connectivity index (χ4v) is 3.44. The van der Waals surface area contributed by atoms with Gasteiger partial charge in [0.15, 0.2) is 0 Å². The Morgan fingerprint density at radius 1 is 1.16 bits per heavy atom. The quantitative estimate of drug-likeness (QED) is 0.249. The van der Waals surface area contributed by atoms with E-state index in [4.69, 9.17) is 9.90 Å².